The third kappa shape index (κ3) is 1.69. The van der Waals surface area contributed by atoms with Crippen LogP contribution in [0.3, 0.4) is 0 Å². The maximum Gasteiger partial charge on any atom is 0.178 e. The molecule has 14 heavy (non-hydrogen) atoms. The van der Waals surface area contributed by atoms with Crippen LogP contribution in [0.1, 0.15) is 9.80 Å². The summed E-state index contributed by atoms with van der Waals surface area (Å²) in [6.45, 7) is 0. The van der Waals surface area contributed by atoms with Crippen molar-refractivity contribution in [1.29, 1.82) is 0 Å². The molecule has 0 aliphatic heterocycles. The molecule has 0 aliphatic carbocycles. The highest BCUT2D eigenvalue weighted by Crippen LogP contribution is 2.31. The predicted molar refractivity (Wildman–Crippen MR) is 57.9 cm³/mol. The van der Waals surface area contributed by atoms with Gasteiger partial charge in [-0.1, -0.05) is 29.8 Å². The highest BCUT2D eigenvalue weighted by Gasteiger charge is 2.06. The van der Waals surface area contributed by atoms with Crippen molar-refractivity contribution >= 4 is 29.2 Å². The summed E-state index contributed by atoms with van der Waals surface area (Å²) in [5, 5.41) is 1.15. The summed E-state index contributed by atoms with van der Waals surface area (Å²) in [5.74, 6) is 0. The lowest BCUT2D eigenvalue weighted by molar-refractivity contribution is 0.112. The lowest BCUT2D eigenvalue weighted by Gasteiger charge is -1.97. The van der Waals surface area contributed by atoms with Gasteiger partial charge in [0.1, 0.15) is 0 Å². The maximum absolute atomic E-state index is 10.5. The fraction of sp³-hybridized carbons (Fsp3) is 0. The Morgan fingerprint density at radius 1 is 1.36 bits per heavy atom. The first-order valence-corrected chi connectivity index (χ1v) is 5.16. The Morgan fingerprint density at radius 3 is 2.79 bits per heavy atom. The van der Waals surface area contributed by atoms with Gasteiger partial charge in [0, 0.05) is 16.8 Å². The van der Waals surface area contributed by atoms with Crippen molar-refractivity contribution in [3.63, 3.8) is 0 Å². The molecule has 70 valence electrons. The summed E-state index contributed by atoms with van der Waals surface area (Å²) >= 11 is 7.34. The summed E-state index contributed by atoms with van der Waals surface area (Å²) in [4.78, 5) is 15.3. The first-order chi connectivity index (χ1) is 6.81. The van der Waals surface area contributed by atoms with Crippen LogP contribution in [0.4, 0.5) is 0 Å². The molecule has 0 atom stereocenters. The van der Waals surface area contributed by atoms with Gasteiger partial charge in [0.15, 0.2) is 11.3 Å². The van der Waals surface area contributed by atoms with E-state index in [9.17, 15) is 4.79 Å². The fourth-order valence-corrected chi connectivity index (χ4v) is 2.19. The Kier molecular flexibility index (Phi) is 2.61. The van der Waals surface area contributed by atoms with Gasteiger partial charge in [0.25, 0.3) is 0 Å². The highest BCUT2D eigenvalue weighted by atomic mass is 35.5. The van der Waals surface area contributed by atoms with Gasteiger partial charge in [-0.15, -0.1) is 11.3 Å². The monoisotopic (exact) mass is 223 g/mol. The molecule has 0 spiro atoms. The second-order valence-corrected chi connectivity index (χ2v) is 4.13. The lowest BCUT2D eigenvalue weighted by atomic mass is 10.2. The van der Waals surface area contributed by atoms with Crippen LogP contribution in [0.25, 0.3) is 10.4 Å². The molecule has 2 nitrogen and oxygen atoms in total. The van der Waals surface area contributed by atoms with Crippen LogP contribution in [0.2, 0.25) is 5.02 Å². The average molecular weight is 224 g/mol. The number of aldehydes is 1. The Balaban J connectivity index is 2.49. The molecule has 0 saturated carbocycles. The van der Waals surface area contributed by atoms with E-state index < -0.39 is 0 Å². The smallest absolute Gasteiger partial charge is 0.178 e. The molecular formula is C10H6ClNOS. The number of thiazole rings is 1. The third-order valence-corrected chi connectivity index (χ3v) is 3.05. The summed E-state index contributed by atoms with van der Waals surface area (Å²) in [7, 11) is 0. The minimum atomic E-state index is 0.472. The topological polar surface area (TPSA) is 30.0 Å². The summed E-state index contributed by atoms with van der Waals surface area (Å²) in [5.41, 5.74) is 0.916. The predicted octanol–water partition coefficient (Wildman–Crippen LogP) is 3.28. The molecule has 0 aliphatic rings. The summed E-state index contributed by atoms with van der Waals surface area (Å²) < 4.78 is 0. The Hall–Kier alpha value is -1.19. The van der Waals surface area contributed by atoms with E-state index in [2.05, 4.69) is 4.98 Å². The highest BCUT2D eigenvalue weighted by molar-refractivity contribution is 7.16. The largest absolute Gasteiger partial charge is 0.295 e. The second-order valence-electron chi connectivity index (χ2n) is 2.66. The maximum atomic E-state index is 10.5. The van der Waals surface area contributed by atoms with E-state index in [0.29, 0.717) is 10.0 Å². The zero-order valence-electron chi connectivity index (χ0n) is 7.11. The van der Waals surface area contributed by atoms with Crippen LogP contribution in [0.5, 0.6) is 0 Å². The molecule has 1 aromatic carbocycles. The van der Waals surface area contributed by atoms with E-state index in [-0.39, 0.29) is 0 Å². The molecule has 0 radical (unpaired) electrons. The van der Waals surface area contributed by atoms with Crippen molar-refractivity contribution in [2.24, 2.45) is 0 Å². The minimum Gasteiger partial charge on any atom is -0.295 e. The van der Waals surface area contributed by atoms with Crippen molar-refractivity contribution in [2.45, 2.75) is 0 Å². The van der Waals surface area contributed by atoms with Crippen LogP contribution < -0.4 is 0 Å². The molecule has 0 bridgehead atoms. The molecule has 1 heterocycles. The van der Waals surface area contributed by atoms with Gasteiger partial charge < -0.3 is 0 Å². The molecule has 1 aromatic heterocycles. The zero-order valence-corrected chi connectivity index (χ0v) is 8.68. The van der Waals surface area contributed by atoms with Gasteiger partial charge in [-0.05, 0) is 6.07 Å². The number of benzene rings is 1. The molecule has 0 fully saturated rings. The molecule has 0 saturated heterocycles. The van der Waals surface area contributed by atoms with Gasteiger partial charge in [-0.2, -0.15) is 0 Å². The normalized spacial score (nSPS) is 10.1. The molecule has 2 aromatic rings. The molecule has 0 N–H and O–H groups in total. The summed E-state index contributed by atoms with van der Waals surface area (Å²) in [6.07, 6.45) is 2.40. The molecule has 2 rings (SSSR count). The third-order valence-electron chi connectivity index (χ3n) is 1.76. The van der Waals surface area contributed by atoms with Crippen molar-refractivity contribution < 1.29 is 4.79 Å². The number of aromatic nitrogens is 1. The number of nitrogens with zero attached hydrogens (tertiary/aromatic N) is 1. The Morgan fingerprint density at radius 2 is 2.14 bits per heavy atom. The number of halogens is 1. The first-order valence-electron chi connectivity index (χ1n) is 3.97. The van der Waals surface area contributed by atoms with Crippen molar-refractivity contribution in [2.75, 3.05) is 0 Å². The van der Waals surface area contributed by atoms with Gasteiger partial charge in [-0.3, -0.25) is 4.79 Å². The van der Waals surface area contributed by atoms with E-state index in [1.165, 1.54) is 11.3 Å². The van der Waals surface area contributed by atoms with E-state index in [1.54, 1.807) is 6.20 Å². The van der Waals surface area contributed by atoms with Crippen LogP contribution in [0, 0.1) is 0 Å². The van der Waals surface area contributed by atoms with Crippen LogP contribution >= 0.6 is 22.9 Å². The first kappa shape index (κ1) is 9.37. The van der Waals surface area contributed by atoms with Crippen LogP contribution in [0.15, 0.2) is 30.5 Å². The number of carbonyl (C=O) groups excluding carboxylic acids is 1. The molecule has 0 unspecified atom stereocenters. The van der Waals surface area contributed by atoms with E-state index in [1.807, 2.05) is 24.3 Å². The van der Waals surface area contributed by atoms with Gasteiger partial charge in [0.2, 0.25) is 0 Å². The minimum absolute atomic E-state index is 0.472. The number of carbonyl (C=O) groups is 1. The zero-order chi connectivity index (χ0) is 9.97. The van der Waals surface area contributed by atoms with Crippen molar-refractivity contribution in [3.05, 3.63) is 40.5 Å². The second kappa shape index (κ2) is 3.90. The summed E-state index contributed by atoms with van der Waals surface area (Å²) in [6, 6.07) is 7.50. The standard InChI is InChI=1S/C10H6ClNOS/c11-8-4-2-1-3-7(8)9-5-12-10(6-13)14-9/h1-6H. The molecule has 4 heteroatoms. The number of hydrogen-bond donors (Lipinski definition) is 0. The van der Waals surface area contributed by atoms with Gasteiger partial charge >= 0.3 is 0 Å². The van der Waals surface area contributed by atoms with Crippen molar-refractivity contribution in [3.8, 4) is 10.4 Å². The molecular weight excluding hydrogens is 218 g/mol. The SMILES string of the molecule is O=Cc1ncc(-c2ccccc2Cl)s1. The van der Waals surface area contributed by atoms with Crippen LogP contribution in [-0.2, 0) is 0 Å². The number of hydrogen-bond acceptors (Lipinski definition) is 3. The Bertz CT molecular complexity index is 467. The van der Waals surface area contributed by atoms with Crippen LogP contribution in [-0.4, -0.2) is 11.3 Å². The fourth-order valence-electron chi connectivity index (χ4n) is 1.13. The van der Waals surface area contributed by atoms with E-state index in [4.69, 9.17) is 11.6 Å². The quantitative estimate of drug-likeness (QED) is 0.732. The van der Waals surface area contributed by atoms with E-state index in [0.717, 1.165) is 16.7 Å². The lowest BCUT2D eigenvalue weighted by Crippen LogP contribution is -1.72. The van der Waals surface area contributed by atoms with E-state index >= 15 is 0 Å². The van der Waals surface area contributed by atoms with Gasteiger partial charge in [0.05, 0.1) is 4.88 Å². The number of rotatable bonds is 2. The Labute approximate surface area is 90.2 Å². The van der Waals surface area contributed by atoms with Crippen molar-refractivity contribution in [1.82, 2.24) is 4.98 Å². The van der Waals surface area contributed by atoms with Gasteiger partial charge in [-0.25, -0.2) is 4.98 Å². The average Bonchev–Trinajstić information content (AvgIpc) is 2.67. The molecule has 0 amide bonds.